The van der Waals surface area contributed by atoms with Gasteiger partial charge in [0, 0.05) is 5.56 Å². The molecular weight excluding hydrogens is 172 g/mol. The minimum absolute atomic E-state index is 1.17. The van der Waals surface area contributed by atoms with Gasteiger partial charge in [-0.3, -0.25) is 4.90 Å². The van der Waals surface area contributed by atoms with Gasteiger partial charge in [0.1, 0.15) is 13.2 Å². The number of rotatable bonds is 2. The molecule has 1 aromatic carbocycles. The first-order valence-corrected chi connectivity index (χ1v) is 5.32. The lowest BCUT2D eigenvalue weighted by molar-refractivity contribution is -0.905. The summed E-state index contributed by atoms with van der Waals surface area (Å²) in [6.07, 6.45) is 0. The molecule has 0 saturated carbocycles. The van der Waals surface area contributed by atoms with E-state index in [1.807, 2.05) is 0 Å². The van der Waals surface area contributed by atoms with Crippen molar-refractivity contribution < 1.29 is 4.90 Å². The summed E-state index contributed by atoms with van der Waals surface area (Å²) in [5.74, 6) is 0. The molecule has 0 radical (unpaired) electrons. The average Bonchev–Trinajstić information content (AvgIpc) is 2.56. The molecule has 1 aromatic rings. The van der Waals surface area contributed by atoms with Gasteiger partial charge >= 0.3 is 0 Å². The number of hydrogen-bond donors (Lipinski definition) is 1. The molecule has 14 heavy (non-hydrogen) atoms. The first-order chi connectivity index (χ1) is 6.74. The zero-order valence-corrected chi connectivity index (χ0v) is 9.09. The zero-order chi connectivity index (χ0) is 9.97. The molecule has 1 heterocycles. The van der Waals surface area contributed by atoms with E-state index in [4.69, 9.17) is 0 Å². The van der Waals surface area contributed by atoms with Gasteiger partial charge in [-0.1, -0.05) is 29.8 Å². The fraction of sp³-hybridized carbons (Fsp3) is 0.500. The van der Waals surface area contributed by atoms with Crippen molar-refractivity contribution in [1.29, 1.82) is 0 Å². The molecule has 2 heteroatoms. The summed E-state index contributed by atoms with van der Waals surface area (Å²) in [4.78, 5) is 4.07. The van der Waals surface area contributed by atoms with E-state index < -0.39 is 0 Å². The van der Waals surface area contributed by atoms with Crippen molar-refractivity contribution in [2.24, 2.45) is 0 Å². The van der Waals surface area contributed by atoms with Gasteiger partial charge in [-0.2, -0.15) is 0 Å². The van der Waals surface area contributed by atoms with Crippen LogP contribution in [0.4, 0.5) is 0 Å². The molecule has 76 valence electrons. The van der Waals surface area contributed by atoms with Crippen molar-refractivity contribution in [2.45, 2.75) is 13.5 Å². The molecule has 1 N–H and O–H groups in total. The van der Waals surface area contributed by atoms with Crippen LogP contribution in [0.3, 0.4) is 0 Å². The summed E-state index contributed by atoms with van der Waals surface area (Å²) in [5, 5.41) is 0. The van der Waals surface area contributed by atoms with E-state index in [-0.39, 0.29) is 0 Å². The smallest absolute Gasteiger partial charge is 0.133 e. The summed E-state index contributed by atoms with van der Waals surface area (Å²) < 4.78 is 0. The van der Waals surface area contributed by atoms with E-state index in [0.717, 1.165) is 0 Å². The summed E-state index contributed by atoms with van der Waals surface area (Å²) in [6.45, 7) is 7.02. The number of nitrogens with zero attached hydrogens (tertiary/aromatic N) is 1. The van der Waals surface area contributed by atoms with Gasteiger partial charge in [0.2, 0.25) is 0 Å². The van der Waals surface area contributed by atoms with Gasteiger partial charge in [-0.25, -0.2) is 0 Å². The lowest BCUT2D eigenvalue weighted by atomic mass is 10.1. The topological polar surface area (TPSA) is 7.68 Å². The van der Waals surface area contributed by atoms with Crippen LogP contribution >= 0.6 is 0 Å². The Kier molecular flexibility index (Phi) is 2.85. The summed E-state index contributed by atoms with van der Waals surface area (Å²) in [7, 11) is 2.20. The molecule has 2 rings (SSSR count). The Morgan fingerprint density at radius 2 is 2.00 bits per heavy atom. The molecule has 0 bridgehead atoms. The highest BCUT2D eigenvalue weighted by molar-refractivity contribution is 5.20. The lowest BCUT2D eigenvalue weighted by Crippen LogP contribution is -3.09. The van der Waals surface area contributed by atoms with Crippen molar-refractivity contribution >= 4 is 0 Å². The van der Waals surface area contributed by atoms with Crippen LogP contribution in [-0.2, 0) is 6.54 Å². The molecule has 0 aromatic heterocycles. The molecule has 2 nitrogen and oxygen atoms in total. The van der Waals surface area contributed by atoms with E-state index in [0.29, 0.717) is 0 Å². The molecule has 1 aliphatic heterocycles. The first kappa shape index (κ1) is 9.69. The van der Waals surface area contributed by atoms with E-state index in [2.05, 4.69) is 43.1 Å². The van der Waals surface area contributed by atoms with Gasteiger partial charge < -0.3 is 4.90 Å². The molecular formula is C12H19N2+. The predicted molar refractivity (Wildman–Crippen MR) is 58.2 cm³/mol. The minimum Gasteiger partial charge on any atom is -0.318 e. The van der Waals surface area contributed by atoms with Crippen molar-refractivity contribution in [3.05, 3.63) is 35.4 Å². The normalized spacial score (nSPS) is 22.9. The SMILES string of the molecule is Cc1ccc(C[NH+]2CCN(C)C2)cc1. The largest absolute Gasteiger partial charge is 0.318 e. The molecule has 1 saturated heterocycles. The van der Waals surface area contributed by atoms with Crippen LogP contribution in [0.15, 0.2) is 24.3 Å². The maximum Gasteiger partial charge on any atom is 0.133 e. The van der Waals surface area contributed by atoms with E-state index in [9.17, 15) is 0 Å². The Labute approximate surface area is 86.1 Å². The van der Waals surface area contributed by atoms with E-state index in [1.165, 1.54) is 37.4 Å². The van der Waals surface area contributed by atoms with Crippen molar-refractivity contribution in [2.75, 3.05) is 26.8 Å². The highest BCUT2D eigenvalue weighted by Gasteiger charge is 2.19. The van der Waals surface area contributed by atoms with Crippen LogP contribution in [-0.4, -0.2) is 31.7 Å². The van der Waals surface area contributed by atoms with Crippen LogP contribution in [0.1, 0.15) is 11.1 Å². The Morgan fingerprint density at radius 1 is 1.29 bits per heavy atom. The number of hydrogen-bond acceptors (Lipinski definition) is 1. The molecule has 1 atom stereocenters. The second-order valence-corrected chi connectivity index (χ2v) is 4.40. The summed E-state index contributed by atoms with van der Waals surface area (Å²) in [5.41, 5.74) is 2.81. The Hall–Kier alpha value is -0.860. The monoisotopic (exact) mass is 191 g/mol. The third-order valence-corrected chi connectivity index (χ3v) is 2.92. The van der Waals surface area contributed by atoms with Gasteiger partial charge in [0.05, 0.1) is 13.1 Å². The standard InChI is InChI=1S/C12H18N2/c1-11-3-5-12(6-4-11)9-14-8-7-13(2)10-14/h3-6H,7-10H2,1-2H3/p+1. The van der Waals surface area contributed by atoms with Crippen LogP contribution in [0.2, 0.25) is 0 Å². The minimum atomic E-state index is 1.17. The first-order valence-electron chi connectivity index (χ1n) is 5.32. The molecule has 1 unspecified atom stereocenters. The highest BCUT2D eigenvalue weighted by atomic mass is 15.4. The molecule has 0 amide bonds. The maximum absolute atomic E-state index is 2.39. The summed E-state index contributed by atoms with van der Waals surface area (Å²) >= 11 is 0. The fourth-order valence-electron chi connectivity index (χ4n) is 2.03. The van der Waals surface area contributed by atoms with Gasteiger partial charge in [-0.05, 0) is 14.0 Å². The van der Waals surface area contributed by atoms with Crippen LogP contribution < -0.4 is 4.90 Å². The van der Waals surface area contributed by atoms with Gasteiger partial charge in [0.15, 0.2) is 0 Å². The average molecular weight is 191 g/mol. The number of aryl methyl sites for hydroxylation is 1. The zero-order valence-electron chi connectivity index (χ0n) is 9.09. The second-order valence-electron chi connectivity index (χ2n) is 4.40. The number of likely N-dealkylation sites (N-methyl/N-ethyl adjacent to an activating group) is 1. The van der Waals surface area contributed by atoms with Crippen molar-refractivity contribution in [3.8, 4) is 0 Å². The number of nitrogens with one attached hydrogen (secondary N) is 1. The third kappa shape index (κ3) is 2.34. The molecule has 0 aliphatic carbocycles. The third-order valence-electron chi connectivity index (χ3n) is 2.92. The van der Waals surface area contributed by atoms with Gasteiger partial charge in [0.25, 0.3) is 0 Å². The number of benzene rings is 1. The van der Waals surface area contributed by atoms with Crippen LogP contribution in [0.5, 0.6) is 0 Å². The molecule has 1 fully saturated rings. The maximum atomic E-state index is 2.39. The predicted octanol–water partition coefficient (Wildman–Crippen LogP) is 0.283. The quantitative estimate of drug-likeness (QED) is 0.706. The lowest BCUT2D eigenvalue weighted by Gasteiger charge is -2.12. The van der Waals surface area contributed by atoms with Crippen molar-refractivity contribution in [1.82, 2.24) is 4.90 Å². The fourth-order valence-corrected chi connectivity index (χ4v) is 2.03. The Balaban J connectivity index is 1.94. The molecule has 1 aliphatic rings. The molecule has 0 spiro atoms. The van der Waals surface area contributed by atoms with E-state index in [1.54, 1.807) is 4.90 Å². The van der Waals surface area contributed by atoms with Crippen LogP contribution in [0.25, 0.3) is 0 Å². The van der Waals surface area contributed by atoms with Crippen molar-refractivity contribution in [3.63, 3.8) is 0 Å². The van der Waals surface area contributed by atoms with Crippen LogP contribution in [0, 0.1) is 6.92 Å². The summed E-state index contributed by atoms with van der Waals surface area (Å²) in [6, 6.07) is 8.91. The number of quaternary nitrogens is 1. The van der Waals surface area contributed by atoms with E-state index >= 15 is 0 Å². The Bertz CT molecular complexity index is 292. The second kappa shape index (κ2) is 4.11. The Morgan fingerprint density at radius 3 is 2.57 bits per heavy atom. The highest BCUT2D eigenvalue weighted by Crippen LogP contribution is 2.01. The van der Waals surface area contributed by atoms with Gasteiger partial charge in [-0.15, -0.1) is 0 Å².